The van der Waals surface area contributed by atoms with Gasteiger partial charge in [0, 0.05) is 5.56 Å². The van der Waals surface area contributed by atoms with Crippen molar-refractivity contribution in [3.8, 4) is 5.75 Å². The number of aryl methyl sites for hydroxylation is 1. The summed E-state index contributed by atoms with van der Waals surface area (Å²) >= 11 is 0. The van der Waals surface area contributed by atoms with Crippen LogP contribution >= 0.6 is 0 Å². The lowest BCUT2D eigenvalue weighted by Gasteiger charge is -2.23. The maximum atomic E-state index is 10.4. The Balaban J connectivity index is 2.70. The summed E-state index contributed by atoms with van der Waals surface area (Å²) in [5, 5.41) is 10.4. The van der Waals surface area contributed by atoms with Crippen molar-refractivity contribution in [2.75, 3.05) is 6.61 Å². The zero-order valence-electron chi connectivity index (χ0n) is 17.4. The van der Waals surface area contributed by atoms with Crippen molar-refractivity contribution in [2.24, 2.45) is 11.8 Å². The van der Waals surface area contributed by atoms with E-state index in [1.807, 2.05) is 33.8 Å². The Labute approximate surface area is 155 Å². The van der Waals surface area contributed by atoms with E-state index in [0.717, 1.165) is 41.4 Å². The molecule has 0 fully saturated rings. The maximum Gasteiger partial charge on any atom is 0.126 e. The minimum Gasteiger partial charge on any atom is -0.493 e. The first kappa shape index (κ1) is 21.8. The molecule has 0 aliphatic heterocycles. The number of ether oxygens (including phenoxy) is 1. The van der Waals surface area contributed by atoms with Crippen LogP contribution in [0, 0.1) is 18.8 Å². The first-order chi connectivity index (χ1) is 11.6. The van der Waals surface area contributed by atoms with Gasteiger partial charge < -0.3 is 9.84 Å². The van der Waals surface area contributed by atoms with E-state index in [2.05, 4.69) is 39.0 Å². The first-order valence-electron chi connectivity index (χ1n) is 9.78. The molecule has 2 heteroatoms. The fourth-order valence-corrected chi connectivity index (χ4v) is 3.18. The number of aliphatic hydroxyl groups is 1. The second-order valence-electron chi connectivity index (χ2n) is 8.33. The lowest BCUT2D eigenvalue weighted by atomic mass is 9.91. The first-order valence-corrected chi connectivity index (χ1v) is 9.78. The molecule has 1 aromatic carbocycles. The number of allylic oxidation sites excluding steroid dienone is 1. The summed E-state index contributed by atoms with van der Waals surface area (Å²) in [7, 11) is 0. The lowest BCUT2D eigenvalue weighted by Crippen LogP contribution is -2.17. The Hall–Kier alpha value is -1.28. The molecule has 1 atom stereocenters. The van der Waals surface area contributed by atoms with Crippen LogP contribution in [0.4, 0.5) is 0 Å². The van der Waals surface area contributed by atoms with E-state index in [4.69, 9.17) is 4.74 Å². The molecule has 0 aliphatic carbocycles. The molecule has 0 aliphatic rings. The molecule has 1 N–H and O–H groups in total. The van der Waals surface area contributed by atoms with Crippen molar-refractivity contribution in [2.45, 2.75) is 79.8 Å². The summed E-state index contributed by atoms with van der Waals surface area (Å²) in [5.74, 6) is 2.41. The molecule has 142 valence electrons. The minimum absolute atomic E-state index is 0.695. The summed E-state index contributed by atoms with van der Waals surface area (Å²) < 4.78 is 6.10. The third-order valence-corrected chi connectivity index (χ3v) is 4.71. The topological polar surface area (TPSA) is 29.5 Å². The van der Waals surface area contributed by atoms with Gasteiger partial charge in [-0.3, -0.25) is 0 Å². The van der Waals surface area contributed by atoms with E-state index in [1.54, 1.807) is 0 Å². The predicted molar refractivity (Wildman–Crippen MR) is 109 cm³/mol. The van der Waals surface area contributed by atoms with Crippen molar-refractivity contribution >= 4 is 6.08 Å². The molecular weight excluding hydrogens is 308 g/mol. The van der Waals surface area contributed by atoms with Crippen LogP contribution in [0.25, 0.3) is 6.08 Å². The second-order valence-corrected chi connectivity index (χ2v) is 8.33. The molecule has 0 aromatic heterocycles. The highest BCUT2D eigenvalue weighted by Gasteiger charge is 2.20. The summed E-state index contributed by atoms with van der Waals surface area (Å²) in [6.45, 7) is 15.3. The summed E-state index contributed by atoms with van der Waals surface area (Å²) in [6.07, 6.45) is 9.05. The van der Waals surface area contributed by atoms with Crippen LogP contribution in [0.2, 0.25) is 0 Å². The molecule has 1 rings (SSSR count). The second kappa shape index (κ2) is 10.0. The summed E-state index contributed by atoms with van der Waals surface area (Å²) in [4.78, 5) is 0. The molecule has 0 spiro atoms. The van der Waals surface area contributed by atoms with Crippen LogP contribution in [-0.4, -0.2) is 11.7 Å². The van der Waals surface area contributed by atoms with E-state index in [0.29, 0.717) is 5.92 Å². The van der Waals surface area contributed by atoms with Gasteiger partial charge in [0.2, 0.25) is 0 Å². The Kier molecular flexibility index (Phi) is 8.71. The largest absolute Gasteiger partial charge is 0.493 e. The summed E-state index contributed by atoms with van der Waals surface area (Å²) in [6, 6.07) is 4.11. The molecule has 0 radical (unpaired) electrons. The Morgan fingerprint density at radius 3 is 2.36 bits per heavy atom. The Morgan fingerprint density at radius 1 is 1.12 bits per heavy atom. The smallest absolute Gasteiger partial charge is 0.126 e. The minimum atomic E-state index is -0.843. The molecule has 0 bridgehead atoms. The van der Waals surface area contributed by atoms with Crippen LogP contribution in [-0.2, 0) is 5.60 Å². The van der Waals surface area contributed by atoms with Gasteiger partial charge in [-0.2, -0.15) is 0 Å². The molecule has 0 heterocycles. The van der Waals surface area contributed by atoms with Crippen molar-refractivity contribution in [3.05, 3.63) is 34.9 Å². The van der Waals surface area contributed by atoms with E-state index < -0.39 is 5.60 Å². The quantitative estimate of drug-likeness (QED) is 0.525. The van der Waals surface area contributed by atoms with Gasteiger partial charge in [-0.25, -0.2) is 0 Å². The van der Waals surface area contributed by atoms with Gasteiger partial charge in [0.05, 0.1) is 12.2 Å². The fourth-order valence-electron chi connectivity index (χ4n) is 3.18. The average Bonchev–Trinajstić information content (AvgIpc) is 2.48. The number of hydrogen-bond acceptors (Lipinski definition) is 2. The van der Waals surface area contributed by atoms with Crippen LogP contribution in [0.15, 0.2) is 18.2 Å². The normalized spacial score (nSPS) is 13.6. The summed E-state index contributed by atoms with van der Waals surface area (Å²) in [5.41, 5.74) is 2.22. The molecule has 2 nitrogen and oxygen atoms in total. The molecule has 1 aromatic rings. The third kappa shape index (κ3) is 7.64. The Bertz CT molecular complexity index is 550. The third-order valence-electron chi connectivity index (χ3n) is 4.71. The van der Waals surface area contributed by atoms with E-state index in [1.165, 1.54) is 19.3 Å². The van der Waals surface area contributed by atoms with Gasteiger partial charge in [-0.15, -0.1) is 0 Å². The molecule has 25 heavy (non-hydrogen) atoms. The lowest BCUT2D eigenvalue weighted by molar-refractivity contribution is 0.0778. The van der Waals surface area contributed by atoms with Crippen molar-refractivity contribution < 1.29 is 9.84 Å². The van der Waals surface area contributed by atoms with Crippen LogP contribution in [0.3, 0.4) is 0 Å². The molecule has 0 saturated heterocycles. The highest BCUT2D eigenvalue weighted by molar-refractivity contribution is 5.60. The molecule has 0 amide bonds. The number of rotatable bonds is 10. The number of benzene rings is 1. The van der Waals surface area contributed by atoms with Crippen molar-refractivity contribution in [1.82, 2.24) is 0 Å². The van der Waals surface area contributed by atoms with Crippen LogP contribution in [0.1, 0.15) is 83.9 Å². The van der Waals surface area contributed by atoms with Crippen LogP contribution < -0.4 is 4.74 Å². The van der Waals surface area contributed by atoms with Gasteiger partial charge >= 0.3 is 0 Å². The van der Waals surface area contributed by atoms with Gasteiger partial charge in [0.1, 0.15) is 5.75 Å². The SMILES string of the molecule is C/C=C/c1cc(C(C)(C)O)c(C)cc1OCCC(C)CCCC(C)C. The van der Waals surface area contributed by atoms with Crippen molar-refractivity contribution in [3.63, 3.8) is 0 Å². The fraction of sp³-hybridized carbons (Fsp3) is 0.652. The molecule has 0 saturated carbocycles. The Morgan fingerprint density at radius 2 is 1.80 bits per heavy atom. The van der Waals surface area contributed by atoms with Crippen LogP contribution in [0.5, 0.6) is 5.75 Å². The zero-order valence-corrected chi connectivity index (χ0v) is 17.4. The number of hydrogen-bond donors (Lipinski definition) is 1. The molecule has 1 unspecified atom stereocenters. The average molecular weight is 347 g/mol. The van der Waals surface area contributed by atoms with Gasteiger partial charge in [0.15, 0.2) is 0 Å². The predicted octanol–water partition coefficient (Wildman–Crippen LogP) is 6.49. The van der Waals surface area contributed by atoms with Gasteiger partial charge in [-0.1, -0.05) is 52.2 Å². The maximum absolute atomic E-state index is 10.4. The highest BCUT2D eigenvalue weighted by Crippen LogP contribution is 2.31. The van der Waals surface area contributed by atoms with E-state index in [9.17, 15) is 5.11 Å². The van der Waals surface area contributed by atoms with Gasteiger partial charge in [-0.05, 0) is 69.2 Å². The van der Waals surface area contributed by atoms with E-state index >= 15 is 0 Å². The molecular formula is C23H38O2. The van der Waals surface area contributed by atoms with Crippen molar-refractivity contribution in [1.29, 1.82) is 0 Å². The van der Waals surface area contributed by atoms with Gasteiger partial charge in [0.25, 0.3) is 0 Å². The standard InChI is InChI=1S/C23H38O2/c1-8-10-20-16-21(23(6,7)24)19(5)15-22(20)25-14-13-18(4)12-9-11-17(2)3/h8,10,15-18,24H,9,11-14H2,1-7H3/b10-8+. The zero-order chi connectivity index (χ0) is 19.0. The highest BCUT2D eigenvalue weighted by atomic mass is 16.5. The monoisotopic (exact) mass is 346 g/mol. The van der Waals surface area contributed by atoms with E-state index in [-0.39, 0.29) is 0 Å².